The molecule has 0 unspecified atom stereocenters. The van der Waals surface area contributed by atoms with E-state index in [2.05, 4.69) is 15.9 Å². The lowest BCUT2D eigenvalue weighted by molar-refractivity contribution is 0.0818. The maximum atomic E-state index is 12.8. The first-order chi connectivity index (χ1) is 9.06. The molecule has 0 saturated heterocycles. The molecule has 0 bridgehead atoms. The van der Waals surface area contributed by atoms with Crippen molar-refractivity contribution in [2.24, 2.45) is 0 Å². The van der Waals surface area contributed by atoms with E-state index in [9.17, 15) is 9.18 Å². The highest BCUT2D eigenvalue weighted by atomic mass is 79.9. The summed E-state index contributed by atoms with van der Waals surface area (Å²) in [5.74, 6) is 0.0760. The second-order valence-electron chi connectivity index (χ2n) is 4.09. The minimum atomic E-state index is -0.619. The van der Waals surface area contributed by atoms with Gasteiger partial charge in [-0.2, -0.15) is 0 Å². The van der Waals surface area contributed by atoms with Crippen molar-refractivity contribution >= 4 is 21.7 Å². The van der Waals surface area contributed by atoms with Crippen LogP contribution in [-0.4, -0.2) is 11.9 Å². The number of hydrogen-bond acceptors (Lipinski definition) is 2. The van der Waals surface area contributed by atoms with Crippen LogP contribution in [0.5, 0.6) is 5.75 Å². The van der Waals surface area contributed by atoms with Gasteiger partial charge in [0.2, 0.25) is 5.78 Å². The maximum Gasteiger partial charge on any atom is 0.202 e. The van der Waals surface area contributed by atoms with Gasteiger partial charge in [0, 0.05) is 10.0 Å². The fourth-order valence-electron chi connectivity index (χ4n) is 1.62. The van der Waals surface area contributed by atoms with Crippen molar-refractivity contribution in [1.29, 1.82) is 0 Å². The Kier molecular flexibility index (Phi) is 4.32. The Hall–Kier alpha value is -1.68. The molecule has 1 atom stereocenters. The third-order valence-electron chi connectivity index (χ3n) is 2.62. The Morgan fingerprint density at radius 2 is 1.68 bits per heavy atom. The first kappa shape index (κ1) is 13.7. The van der Waals surface area contributed by atoms with Gasteiger partial charge in [0.15, 0.2) is 6.10 Å². The molecule has 0 amide bonds. The topological polar surface area (TPSA) is 26.3 Å². The van der Waals surface area contributed by atoms with E-state index in [0.29, 0.717) is 11.3 Å². The number of benzene rings is 2. The van der Waals surface area contributed by atoms with E-state index in [-0.39, 0.29) is 11.6 Å². The summed E-state index contributed by atoms with van der Waals surface area (Å²) in [6, 6.07) is 12.7. The van der Waals surface area contributed by atoms with E-state index in [1.807, 2.05) is 12.1 Å². The number of ketones is 1. The van der Waals surface area contributed by atoms with Gasteiger partial charge >= 0.3 is 0 Å². The molecule has 0 aliphatic carbocycles. The average Bonchev–Trinajstić information content (AvgIpc) is 2.41. The normalized spacial score (nSPS) is 11.9. The monoisotopic (exact) mass is 322 g/mol. The number of rotatable bonds is 4. The van der Waals surface area contributed by atoms with Gasteiger partial charge in [-0.1, -0.05) is 15.9 Å². The zero-order valence-corrected chi connectivity index (χ0v) is 11.9. The van der Waals surface area contributed by atoms with Crippen LogP contribution in [0.2, 0.25) is 0 Å². The van der Waals surface area contributed by atoms with Gasteiger partial charge in [0.05, 0.1) is 0 Å². The number of Topliss-reactive ketones (excluding diaryl/α,β-unsaturated/α-hetero) is 1. The summed E-state index contributed by atoms with van der Waals surface area (Å²) in [4.78, 5) is 12.1. The molecule has 98 valence electrons. The molecule has 4 heteroatoms. The van der Waals surface area contributed by atoms with Crippen molar-refractivity contribution in [2.75, 3.05) is 0 Å². The Labute approximate surface area is 119 Å². The van der Waals surface area contributed by atoms with Crippen molar-refractivity contribution < 1.29 is 13.9 Å². The number of hydrogen-bond donors (Lipinski definition) is 0. The molecule has 0 radical (unpaired) electrons. The third kappa shape index (κ3) is 3.64. The number of halogens is 2. The standard InChI is InChI=1S/C15H12BrFO2/c1-10(19-14-8-4-12(16)5-9-14)15(18)11-2-6-13(17)7-3-11/h2-10H,1H3/t10-/m1/s1. The second kappa shape index (κ2) is 5.97. The molecule has 2 aromatic carbocycles. The summed E-state index contributed by atoms with van der Waals surface area (Å²) in [5.41, 5.74) is 0.436. The summed E-state index contributed by atoms with van der Waals surface area (Å²) in [5, 5.41) is 0. The van der Waals surface area contributed by atoms with Gasteiger partial charge in [0.25, 0.3) is 0 Å². The highest BCUT2D eigenvalue weighted by Gasteiger charge is 2.16. The lowest BCUT2D eigenvalue weighted by Gasteiger charge is -2.13. The van der Waals surface area contributed by atoms with Crippen molar-refractivity contribution in [3.63, 3.8) is 0 Å². The van der Waals surface area contributed by atoms with Crippen LogP contribution in [0.1, 0.15) is 17.3 Å². The van der Waals surface area contributed by atoms with Crippen LogP contribution >= 0.6 is 15.9 Å². The molecule has 0 spiro atoms. The molecule has 2 aromatic rings. The van der Waals surface area contributed by atoms with Gasteiger partial charge < -0.3 is 4.74 Å². The van der Waals surface area contributed by atoms with Gasteiger partial charge in [-0.15, -0.1) is 0 Å². The highest BCUT2D eigenvalue weighted by molar-refractivity contribution is 9.10. The van der Waals surface area contributed by atoms with E-state index >= 15 is 0 Å². The van der Waals surface area contributed by atoms with Crippen LogP contribution < -0.4 is 4.74 Å². The molecule has 19 heavy (non-hydrogen) atoms. The smallest absolute Gasteiger partial charge is 0.202 e. The molecule has 0 saturated carbocycles. The van der Waals surface area contributed by atoms with Crippen molar-refractivity contribution in [3.8, 4) is 5.75 Å². The van der Waals surface area contributed by atoms with Crippen molar-refractivity contribution in [2.45, 2.75) is 13.0 Å². The van der Waals surface area contributed by atoms with Crippen LogP contribution in [0, 0.1) is 5.82 Å². The summed E-state index contributed by atoms with van der Waals surface area (Å²) in [7, 11) is 0. The largest absolute Gasteiger partial charge is 0.483 e. The van der Waals surface area contributed by atoms with E-state index in [1.165, 1.54) is 24.3 Å². The molecular weight excluding hydrogens is 311 g/mol. The Bertz CT molecular complexity index is 564. The molecule has 0 aliphatic rings. The zero-order valence-electron chi connectivity index (χ0n) is 10.3. The number of carbonyl (C=O) groups is 1. The summed E-state index contributed by atoms with van der Waals surface area (Å²) in [6.07, 6.45) is -0.619. The van der Waals surface area contributed by atoms with E-state index < -0.39 is 6.10 Å². The molecule has 0 aromatic heterocycles. The van der Waals surface area contributed by atoms with Gasteiger partial charge in [-0.3, -0.25) is 4.79 Å². The summed E-state index contributed by atoms with van der Waals surface area (Å²) >= 11 is 3.33. The van der Waals surface area contributed by atoms with E-state index in [1.54, 1.807) is 19.1 Å². The molecule has 0 fully saturated rings. The Morgan fingerprint density at radius 3 is 2.26 bits per heavy atom. The molecule has 2 nitrogen and oxygen atoms in total. The Morgan fingerprint density at radius 1 is 1.11 bits per heavy atom. The van der Waals surface area contributed by atoms with Crippen molar-refractivity contribution in [1.82, 2.24) is 0 Å². The lowest BCUT2D eigenvalue weighted by atomic mass is 10.1. The Balaban J connectivity index is 2.07. The number of ether oxygens (including phenoxy) is 1. The quantitative estimate of drug-likeness (QED) is 0.787. The first-order valence-electron chi connectivity index (χ1n) is 5.78. The van der Waals surface area contributed by atoms with Gasteiger partial charge in [0.1, 0.15) is 11.6 Å². The van der Waals surface area contributed by atoms with Crippen LogP contribution in [0.3, 0.4) is 0 Å². The molecule has 0 aliphatic heterocycles. The number of carbonyl (C=O) groups excluding carboxylic acids is 1. The summed E-state index contributed by atoms with van der Waals surface area (Å²) in [6.45, 7) is 1.67. The van der Waals surface area contributed by atoms with Crippen molar-refractivity contribution in [3.05, 3.63) is 64.4 Å². The molecule has 0 heterocycles. The second-order valence-corrected chi connectivity index (χ2v) is 5.00. The predicted octanol–water partition coefficient (Wildman–Crippen LogP) is 4.24. The first-order valence-corrected chi connectivity index (χ1v) is 6.57. The third-order valence-corrected chi connectivity index (χ3v) is 3.15. The molecular formula is C15H12BrFO2. The van der Waals surface area contributed by atoms with Crippen LogP contribution in [-0.2, 0) is 0 Å². The van der Waals surface area contributed by atoms with Gasteiger partial charge in [-0.25, -0.2) is 4.39 Å². The zero-order chi connectivity index (χ0) is 13.8. The molecule has 0 N–H and O–H groups in total. The van der Waals surface area contributed by atoms with E-state index in [4.69, 9.17) is 4.74 Å². The lowest BCUT2D eigenvalue weighted by Crippen LogP contribution is -2.23. The SMILES string of the molecule is C[C@@H](Oc1ccc(Br)cc1)C(=O)c1ccc(F)cc1. The van der Waals surface area contributed by atoms with Gasteiger partial charge in [-0.05, 0) is 55.5 Å². The van der Waals surface area contributed by atoms with Crippen LogP contribution in [0.15, 0.2) is 53.0 Å². The predicted molar refractivity (Wildman–Crippen MR) is 75.0 cm³/mol. The minimum absolute atomic E-state index is 0.178. The average molecular weight is 323 g/mol. The fraction of sp³-hybridized carbons (Fsp3) is 0.133. The van der Waals surface area contributed by atoms with Crippen LogP contribution in [0.4, 0.5) is 4.39 Å². The molecule has 2 rings (SSSR count). The minimum Gasteiger partial charge on any atom is -0.483 e. The van der Waals surface area contributed by atoms with E-state index in [0.717, 1.165) is 4.47 Å². The van der Waals surface area contributed by atoms with Crippen LogP contribution in [0.25, 0.3) is 0 Å². The summed E-state index contributed by atoms with van der Waals surface area (Å²) < 4.78 is 19.3. The fourth-order valence-corrected chi connectivity index (χ4v) is 1.88. The highest BCUT2D eigenvalue weighted by Crippen LogP contribution is 2.18. The maximum absolute atomic E-state index is 12.8.